The van der Waals surface area contributed by atoms with E-state index < -0.39 is 8.07 Å². The van der Waals surface area contributed by atoms with Crippen LogP contribution in [0, 0.1) is 0 Å². The van der Waals surface area contributed by atoms with Crippen LogP contribution in [0.25, 0.3) is 16.2 Å². The number of anilines is 3. The van der Waals surface area contributed by atoms with Gasteiger partial charge in [0.2, 0.25) is 0 Å². The highest BCUT2D eigenvalue weighted by Gasteiger charge is 2.40. The highest BCUT2D eigenvalue weighted by Crippen LogP contribution is 2.44. The molecular formula is C28H19NO2S3Si. The molecule has 3 nitrogen and oxygen atoms in total. The molecule has 3 aromatic heterocycles. The number of hydrogen-bond acceptors (Lipinski definition) is 6. The normalized spacial score (nSPS) is 17.2. The van der Waals surface area contributed by atoms with E-state index in [1.807, 2.05) is 29.6 Å². The number of benzene rings is 2. The van der Waals surface area contributed by atoms with Crippen LogP contribution in [0.2, 0.25) is 13.1 Å². The van der Waals surface area contributed by atoms with Crippen molar-refractivity contribution in [2.45, 2.75) is 13.1 Å². The van der Waals surface area contributed by atoms with E-state index in [1.165, 1.54) is 21.1 Å². The topological polar surface area (TPSA) is 37.4 Å². The van der Waals surface area contributed by atoms with Crippen LogP contribution < -0.4 is 15.3 Å². The average molecular weight is 526 g/mol. The van der Waals surface area contributed by atoms with Crippen LogP contribution in [0.1, 0.15) is 25.6 Å². The van der Waals surface area contributed by atoms with E-state index in [4.69, 9.17) is 0 Å². The molecule has 1 aliphatic heterocycles. The standard InChI is InChI=1S/C28H19NO2S3Si/c1-35(2)23-6-4-3-5-21(23)29(28-24(35)10-12-33-28)25-8-7-17(34-25)14-20-26(30)18-13-16-9-11-32-22(16)15-19(18)27(20)31/h3-15H,1-2H3/b20-14+. The minimum absolute atomic E-state index is 0.174. The SMILES string of the molecule is C[Si]1(C)c2ccccc2N(c2ccc(/C=C3\C(=O)c4cc5ccsc5cc4C3=O)s2)c2sccc21. The van der Waals surface area contributed by atoms with Gasteiger partial charge in [-0.3, -0.25) is 14.5 Å². The fourth-order valence-corrected chi connectivity index (χ4v) is 11.7. The third-order valence-corrected chi connectivity index (χ3v) is 13.5. The lowest BCUT2D eigenvalue weighted by Gasteiger charge is -2.38. The summed E-state index contributed by atoms with van der Waals surface area (Å²) in [6, 6.07) is 20.8. The maximum Gasteiger partial charge on any atom is 0.197 e. The highest BCUT2D eigenvalue weighted by atomic mass is 32.1. The zero-order valence-corrected chi connectivity index (χ0v) is 22.4. The molecule has 7 heteroatoms. The molecular weight excluding hydrogens is 507 g/mol. The quantitative estimate of drug-likeness (QED) is 0.140. The summed E-state index contributed by atoms with van der Waals surface area (Å²) in [6.07, 6.45) is 1.77. The van der Waals surface area contributed by atoms with Crippen molar-refractivity contribution in [3.05, 3.63) is 93.0 Å². The van der Waals surface area contributed by atoms with Crippen molar-refractivity contribution < 1.29 is 9.59 Å². The first-order valence-corrected chi connectivity index (χ1v) is 16.9. The van der Waals surface area contributed by atoms with Crippen molar-refractivity contribution >= 4 is 95.9 Å². The Bertz CT molecular complexity index is 1680. The van der Waals surface area contributed by atoms with E-state index in [9.17, 15) is 9.59 Å². The first kappa shape index (κ1) is 21.2. The number of allylic oxidation sites excluding steroid dienone is 1. The van der Waals surface area contributed by atoms with Gasteiger partial charge in [0.25, 0.3) is 0 Å². The van der Waals surface area contributed by atoms with Crippen LogP contribution in [0.15, 0.2) is 77.0 Å². The van der Waals surface area contributed by atoms with E-state index in [-0.39, 0.29) is 17.1 Å². The zero-order valence-electron chi connectivity index (χ0n) is 19.0. The van der Waals surface area contributed by atoms with Gasteiger partial charge in [-0.05, 0) is 75.1 Å². The number of para-hydroxylation sites is 1. The van der Waals surface area contributed by atoms with Gasteiger partial charge in [-0.1, -0.05) is 31.3 Å². The Hall–Kier alpha value is -3.10. The summed E-state index contributed by atoms with van der Waals surface area (Å²) in [6.45, 7) is 4.83. The Labute approximate surface area is 215 Å². The fraction of sp³-hybridized carbons (Fsp3) is 0.0714. The van der Waals surface area contributed by atoms with Gasteiger partial charge in [0, 0.05) is 26.4 Å². The minimum Gasteiger partial charge on any atom is -0.293 e. The molecule has 0 atom stereocenters. The predicted octanol–water partition coefficient (Wildman–Crippen LogP) is 7.09. The lowest BCUT2D eigenvalue weighted by molar-refractivity contribution is 0.0990. The summed E-state index contributed by atoms with van der Waals surface area (Å²) >= 11 is 4.98. The molecule has 0 radical (unpaired) electrons. The third-order valence-electron chi connectivity index (χ3n) is 7.03. The monoisotopic (exact) mass is 525 g/mol. The Kier molecular flexibility index (Phi) is 4.51. The van der Waals surface area contributed by atoms with Gasteiger partial charge in [0.05, 0.1) is 5.57 Å². The third kappa shape index (κ3) is 2.99. The van der Waals surface area contributed by atoms with Crippen molar-refractivity contribution in [2.24, 2.45) is 0 Å². The number of ketones is 2. The van der Waals surface area contributed by atoms with Crippen molar-refractivity contribution in [3.63, 3.8) is 0 Å². The number of hydrogen-bond donors (Lipinski definition) is 0. The number of rotatable bonds is 2. The van der Waals surface area contributed by atoms with Crippen molar-refractivity contribution in [2.75, 3.05) is 4.90 Å². The molecule has 0 N–H and O–H groups in total. The van der Waals surface area contributed by atoms with Gasteiger partial charge in [-0.15, -0.1) is 34.0 Å². The molecule has 4 heterocycles. The molecule has 0 unspecified atom stereocenters. The summed E-state index contributed by atoms with van der Waals surface area (Å²) < 4.78 is 1.03. The summed E-state index contributed by atoms with van der Waals surface area (Å²) in [7, 11) is -1.77. The van der Waals surface area contributed by atoms with Crippen molar-refractivity contribution in [3.8, 4) is 0 Å². The Morgan fingerprint density at radius 3 is 2.46 bits per heavy atom. The molecule has 170 valence electrons. The van der Waals surface area contributed by atoms with E-state index in [2.05, 4.69) is 59.8 Å². The number of nitrogens with zero attached hydrogens (tertiary/aromatic N) is 1. The first-order chi connectivity index (χ1) is 16.9. The van der Waals surface area contributed by atoms with Gasteiger partial charge in [-0.25, -0.2) is 0 Å². The molecule has 35 heavy (non-hydrogen) atoms. The number of carbonyl (C=O) groups is 2. The lowest BCUT2D eigenvalue weighted by Crippen LogP contribution is -2.57. The molecule has 0 fully saturated rings. The molecule has 0 bridgehead atoms. The van der Waals surface area contributed by atoms with Crippen molar-refractivity contribution in [1.29, 1.82) is 0 Å². The molecule has 0 saturated heterocycles. The Morgan fingerprint density at radius 2 is 1.60 bits per heavy atom. The number of thiophene rings is 3. The number of Topliss-reactive ketones (excluding diaryl/α,β-unsaturated/α-hetero) is 2. The molecule has 2 aliphatic rings. The summed E-state index contributed by atoms with van der Waals surface area (Å²) in [5.74, 6) is -0.350. The molecule has 1 aliphatic carbocycles. The second-order valence-corrected chi connectivity index (χ2v) is 16.6. The van der Waals surface area contributed by atoms with E-state index >= 15 is 0 Å². The van der Waals surface area contributed by atoms with Crippen LogP contribution in [0.3, 0.4) is 0 Å². The van der Waals surface area contributed by atoms with Gasteiger partial charge >= 0.3 is 0 Å². The maximum atomic E-state index is 13.2. The lowest BCUT2D eigenvalue weighted by atomic mass is 10.1. The predicted molar refractivity (Wildman–Crippen MR) is 152 cm³/mol. The van der Waals surface area contributed by atoms with Gasteiger partial charge < -0.3 is 0 Å². The molecule has 2 aromatic carbocycles. The van der Waals surface area contributed by atoms with Crippen LogP contribution in [-0.2, 0) is 0 Å². The molecule has 0 amide bonds. The maximum absolute atomic E-state index is 13.2. The van der Waals surface area contributed by atoms with E-state index in [1.54, 1.807) is 40.1 Å². The van der Waals surface area contributed by atoms with Gasteiger partial charge in [0.15, 0.2) is 11.6 Å². The second kappa shape index (κ2) is 7.45. The van der Waals surface area contributed by atoms with Gasteiger partial charge in [-0.2, -0.15) is 0 Å². The summed E-state index contributed by atoms with van der Waals surface area (Å²) in [5.41, 5.74) is 2.54. The van der Waals surface area contributed by atoms with Gasteiger partial charge in [0.1, 0.15) is 18.1 Å². The van der Waals surface area contributed by atoms with Crippen LogP contribution >= 0.6 is 34.0 Å². The molecule has 5 aromatic rings. The summed E-state index contributed by atoms with van der Waals surface area (Å²) in [5, 5.41) is 10.4. The van der Waals surface area contributed by atoms with E-state index in [0.717, 1.165) is 20.0 Å². The number of fused-ring (bicyclic) bond motifs is 4. The zero-order chi connectivity index (χ0) is 23.9. The van der Waals surface area contributed by atoms with Crippen LogP contribution in [0.4, 0.5) is 15.7 Å². The summed E-state index contributed by atoms with van der Waals surface area (Å²) in [4.78, 5) is 29.6. The Morgan fingerprint density at radius 1 is 0.829 bits per heavy atom. The molecule has 0 spiro atoms. The minimum atomic E-state index is -1.77. The first-order valence-electron chi connectivity index (χ1n) is 11.3. The fourth-order valence-electron chi connectivity index (χ4n) is 5.21. The number of carbonyl (C=O) groups excluding carboxylic acids is 2. The largest absolute Gasteiger partial charge is 0.293 e. The molecule has 0 saturated carbocycles. The van der Waals surface area contributed by atoms with E-state index in [0.29, 0.717) is 11.1 Å². The Balaban J connectivity index is 1.30. The van der Waals surface area contributed by atoms with Crippen LogP contribution in [0.5, 0.6) is 0 Å². The highest BCUT2D eigenvalue weighted by molar-refractivity contribution is 7.21. The second-order valence-electron chi connectivity index (χ2n) is 9.37. The molecule has 7 rings (SSSR count). The van der Waals surface area contributed by atoms with Crippen LogP contribution in [-0.4, -0.2) is 19.6 Å². The smallest absolute Gasteiger partial charge is 0.197 e. The average Bonchev–Trinajstić information content (AvgIpc) is 3.64. The van der Waals surface area contributed by atoms with Crippen molar-refractivity contribution in [1.82, 2.24) is 0 Å².